The number of benzene rings is 2. The number of rotatable bonds is 6. The Bertz CT molecular complexity index is 928. The van der Waals surface area contributed by atoms with E-state index in [2.05, 4.69) is 0 Å². The standard InChI is InChI=1S/C19H20F2N2O3S2/c20-15-5-7-16(8-6-15)28(25,26)23-12-10-22(11-13-23)19(24)9-14-27-18-4-2-1-3-17(18)21/h1-8H,9-14H2. The predicted molar refractivity (Wildman–Crippen MR) is 103 cm³/mol. The van der Waals surface area contributed by atoms with Gasteiger partial charge in [-0.15, -0.1) is 11.8 Å². The third-order valence-electron chi connectivity index (χ3n) is 4.45. The zero-order valence-electron chi connectivity index (χ0n) is 15.1. The second-order valence-electron chi connectivity index (χ2n) is 6.27. The first-order valence-corrected chi connectivity index (χ1v) is 11.2. The summed E-state index contributed by atoms with van der Waals surface area (Å²) in [6, 6.07) is 11.1. The topological polar surface area (TPSA) is 57.7 Å². The molecule has 1 aliphatic rings. The fraction of sp³-hybridized carbons (Fsp3) is 0.316. The summed E-state index contributed by atoms with van der Waals surface area (Å²) < 4.78 is 53.1. The van der Waals surface area contributed by atoms with E-state index in [9.17, 15) is 22.0 Å². The molecule has 1 heterocycles. The van der Waals surface area contributed by atoms with Gasteiger partial charge in [-0.1, -0.05) is 12.1 Å². The molecule has 0 radical (unpaired) electrons. The fourth-order valence-electron chi connectivity index (χ4n) is 2.90. The van der Waals surface area contributed by atoms with Gasteiger partial charge in [-0.25, -0.2) is 17.2 Å². The lowest BCUT2D eigenvalue weighted by Gasteiger charge is -2.34. The quantitative estimate of drug-likeness (QED) is 0.667. The van der Waals surface area contributed by atoms with Crippen LogP contribution in [-0.2, 0) is 14.8 Å². The SMILES string of the molecule is O=C(CCSc1ccccc1F)N1CCN(S(=O)(=O)c2ccc(F)cc2)CC1. The summed E-state index contributed by atoms with van der Waals surface area (Å²) in [7, 11) is -3.70. The number of nitrogens with zero attached hydrogens (tertiary/aromatic N) is 2. The zero-order chi connectivity index (χ0) is 20.1. The number of carbonyl (C=O) groups excluding carboxylic acids is 1. The van der Waals surface area contributed by atoms with Crippen LogP contribution in [0.5, 0.6) is 0 Å². The first-order valence-electron chi connectivity index (χ1n) is 8.79. The van der Waals surface area contributed by atoms with Crippen LogP contribution in [0, 0.1) is 11.6 Å². The Labute approximate surface area is 167 Å². The summed E-state index contributed by atoms with van der Waals surface area (Å²) in [5, 5.41) is 0. The van der Waals surface area contributed by atoms with Crippen LogP contribution < -0.4 is 0 Å². The van der Waals surface area contributed by atoms with E-state index in [1.807, 2.05) is 0 Å². The van der Waals surface area contributed by atoms with Gasteiger partial charge in [0.15, 0.2) is 0 Å². The normalized spacial score (nSPS) is 15.6. The largest absolute Gasteiger partial charge is 0.340 e. The smallest absolute Gasteiger partial charge is 0.243 e. The van der Waals surface area contributed by atoms with Gasteiger partial charge in [-0.2, -0.15) is 4.31 Å². The molecule has 0 aliphatic carbocycles. The Hall–Kier alpha value is -1.97. The van der Waals surface area contributed by atoms with Crippen LogP contribution in [0.25, 0.3) is 0 Å². The summed E-state index contributed by atoms with van der Waals surface area (Å²) in [6.07, 6.45) is 0.254. The highest BCUT2D eigenvalue weighted by Crippen LogP contribution is 2.23. The van der Waals surface area contributed by atoms with E-state index < -0.39 is 15.8 Å². The Morgan fingerprint density at radius 1 is 0.964 bits per heavy atom. The van der Waals surface area contributed by atoms with E-state index in [0.717, 1.165) is 12.1 Å². The van der Waals surface area contributed by atoms with Crippen molar-refractivity contribution in [1.82, 2.24) is 9.21 Å². The number of piperazine rings is 1. The van der Waals surface area contributed by atoms with Crippen LogP contribution in [0.1, 0.15) is 6.42 Å². The van der Waals surface area contributed by atoms with Crippen molar-refractivity contribution in [3.63, 3.8) is 0 Å². The summed E-state index contributed by atoms with van der Waals surface area (Å²) in [5.41, 5.74) is 0. The average Bonchev–Trinajstić information content (AvgIpc) is 2.70. The highest BCUT2D eigenvalue weighted by molar-refractivity contribution is 7.99. The van der Waals surface area contributed by atoms with E-state index >= 15 is 0 Å². The molecule has 0 bridgehead atoms. The van der Waals surface area contributed by atoms with Gasteiger partial charge in [0.25, 0.3) is 0 Å². The van der Waals surface area contributed by atoms with E-state index in [-0.39, 0.29) is 36.1 Å². The molecule has 28 heavy (non-hydrogen) atoms. The maximum Gasteiger partial charge on any atom is 0.243 e. The summed E-state index contributed by atoms with van der Waals surface area (Å²) in [4.78, 5) is 14.5. The van der Waals surface area contributed by atoms with E-state index in [1.54, 1.807) is 23.1 Å². The van der Waals surface area contributed by atoms with Crippen LogP contribution >= 0.6 is 11.8 Å². The van der Waals surface area contributed by atoms with Crippen molar-refractivity contribution in [2.45, 2.75) is 16.2 Å². The maximum absolute atomic E-state index is 13.6. The van der Waals surface area contributed by atoms with Crippen molar-refractivity contribution < 1.29 is 22.0 Å². The molecule has 1 fully saturated rings. The fourth-order valence-corrected chi connectivity index (χ4v) is 5.20. The third kappa shape index (κ3) is 4.89. The van der Waals surface area contributed by atoms with Gasteiger partial charge in [-0.3, -0.25) is 4.79 Å². The molecule has 3 rings (SSSR count). The Morgan fingerprint density at radius 3 is 2.25 bits per heavy atom. The summed E-state index contributed by atoms with van der Waals surface area (Å²) in [6.45, 7) is 0.963. The number of carbonyl (C=O) groups is 1. The molecule has 1 saturated heterocycles. The van der Waals surface area contributed by atoms with Crippen molar-refractivity contribution >= 4 is 27.7 Å². The number of sulfonamides is 1. The zero-order valence-corrected chi connectivity index (χ0v) is 16.7. The summed E-state index contributed by atoms with van der Waals surface area (Å²) >= 11 is 1.28. The molecule has 0 aromatic heterocycles. The molecule has 0 N–H and O–H groups in total. The third-order valence-corrected chi connectivity index (χ3v) is 7.42. The highest BCUT2D eigenvalue weighted by Gasteiger charge is 2.29. The van der Waals surface area contributed by atoms with Crippen molar-refractivity contribution in [2.24, 2.45) is 0 Å². The maximum atomic E-state index is 13.6. The molecular weight excluding hydrogens is 406 g/mol. The van der Waals surface area contributed by atoms with Crippen LogP contribution in [0.4, 0.5) is 8.78 Å². The molecule has 0 atom stereocenters. The van der Waals surface area contributed by atoms with Crippen molar-refractivity contribution in [3.8, 4) is 0 Å². The molecule has 2 aromatic carbocycles. The van der Waals surface area contributed by atoms with Crippen LogP contribution in [0.15, 0.2) is 58.3 Å². The second-order valence-corrected chi connectivity index (χ2v) is 9.34. The lowest BCUT2D eigenvalue weighted by atomic mass is 10.3. The molecule has 1 aliphatic heterocycles. The summed E-state index contributed by atoms with van der Waals surface area (Å²) in [5.74, 6) is -0.432. The first kappa shape index (κ1) is 20.8. The highest BCUT2D eigenvalue weighted by atomic mass is 32.2. The molecule has 150 valence electrons. The van der Waals surface area contributed by atoms with Gasteiger partial charge in [0.1, 0.15) is 11.6 Å². The van der Waals surface area contributed by atoms with Crippen molar-refractivity contribution in [2.75, 3.05) is 31.9 Å². The average molecular weight is 427 g/mol. The number of amides is 1. The lowest BCUT2D eigenvalue weighted by Crippen LogP contribution is -2.50. The number of thioether (sulfide) groups is 1. The van der Waals surface area contributed by atoms with Gasteiger partial charge in [0.2, 0.25) is 15.9 Å². The molecule has 1 amide bonds. The van der Waals surface area contributed by atoms with E-state index in [4.69, 9.17) is 0 Å². The molecule has 0 spiro atoms. The van der Waals surface area contributed by atoms with E-state index in [0.29, 0.717) is 23.7 Å². The van der Waals surface area contributed by atoms with Gasteiger partial charge in [-0.05, 0) is 36.4 Å². The molecule has 5 nitrogen and oxygen atoms in total. The number of halogens is 2. The molecule has 0 unspecified atom stereocenters. The van der Waals surface area contributed by atoms with Gasteiger partial charge in [0.05, 0.1) is 4.90 Å². The van der Waals surface area contributed by atoms with Crippen LogP contribution in [0.3, 0.4) is 0 Å². The van der Waals surface area contributed by atoms with E-state index in [1.165, 1.54) is 34.3 Å². The number of hydrogen-bond donors (Lipinski definition) is 0. The van der Waals surface area contributed by atoms with Crippen LogP contribution in [0.2, 0.25) is 0 Å². The predicted octanol–water partition coefficient (Wildman–Crippen LogP) is 2.98. The lowest BCUT2D eigenvalue weighted by molar-refractivity contribution is -0.131. The van der Waals surface area contributed by atoms with Crippen LogP contribution in [-0.4, -0.2) is 55.5 Å². The minimum Gasteiger partial charge on any atom is -0.340 e. The Kier molecular flexibility index (Phi) is 6.69. The monoisotopic (exact) mass is 426 g/mol. The van der Waals surface area contributed by atoms with Crippen molar-refractivity contribution in [1.29, 1.82) is 0 Å². The molecule has 2 aromatic rings. The van der Waals surface area contributed by atoms with Gasteiger partial charge < -0.3 is 4.90 Å². The second kappa shape index (κ2) is 9.02. The molecule has 0 saturated carbocycles. The minimum absolute atomic E-state index is 0.0370. The van der Waals surface area contributed by atoms with Gasteiger partial charge in [0, 0.05) is 43.2 Å². The molecular formula is C19H20F2N2O3S2. The minimum atomic E-state index is -3.70. The van der Waals surface area contributed by atoms with Crippen molar-refractivity contribution in [3.05, 3.63) is 60.2 Å². The van der Waals surface area contributed by atoms with Gasteiger partial charge >= 0.3 is 0 Å². The Balaban J connectivity index is 1.50. The molecule has 9 heteroatoms. The number of hydrogen-bond acceptors (Lipinski definition) is 4. The Morgan fingerprint density at radius 2 is 1.61 bits per heavy atom. The first-order chi connectivity index (χ1) is 13.4.